The van der Waals surface area contributed by atoms with Gasteiger partial charge < -0.3 is 10.1 Å². The van der Waals surface area contributed by atoms with Gasteiger partial charge in [-0.15, -0.1) is 0 Å². The van der Waals surface area contributed by atoms with Crippen LogP contribution in [0.25, 0.3) is 0 Å². The van der Waals surface area contributed by atoms with Crippen LogP contribution in [-0.2, 0) is 9.59 Å². The molecule has 1 aromatic carbocycles. The van der Waals surface area contributed by atoms with Crippen LogP contribution in [0.4, 0.5) is 4.79 Å². The summed E-state index contributed by atoms with van der Waals surface area (Å²) in [5.74, 6) is -0.634. The fourth-order valence-corrected chi connectivity index (χ4v) is 3.08. The monoisotopic (exact) mass is 447 g/mol. The van der Waals surface area contributed by atoms with Crippen molar-refractivity contribution in [2.75, 3.05) is 6.61 Å². The van der Waals surface area contributed by atoms with Crippen molar-refractivity contribution >= 4 is 49.7 Å². The molecule has 1 saturated heterocycles. The minimum Gasteiger partial charge on any atom is -0.483 e. The first-order valence-electron chi connectivity index (χ1n) is 6.81. The van der Waals surface area contributed by atoms with Crippen molar-refractivity contribution in [2.24, 2.45) is 0 Å². The number of urea groups is 1. The van der Waals surface area contributed by atoms with Gasteiger partial charge in [0.2, 0.25) is 0 Å². The van der Waals surface area contributed by atoms with E-state index in [-0.39, 0.29) is 6.61 Å². The Hall–Kier alpha value is -1.61. The zero-order valence-corrected chi connectivity index (χ0v) is 15.7. The van der Waals surface area contributed by atoms with Crippen LogP contribution in [0.5, 0.6) is 5.75 Å². The Morgan fingerprint density at radius 1 is 1.39 bits per heavy atom. The van der Waals surface area contributed by atoms with E-state index in [9.17, 15) is 14.4 Å². The number of amides is 4. The number of hydrogen-bond donors (Lipinski definition) is 2. The van der Waals surface area contributed by atoms with Gasteiger partial charge in [0.15, 0.2) is 6.61 Å². The normalized spacial score (nSPS) is 20.4. The first-order chi connectivity index (χ1) is 10.8. The van der Waals surface area contributed by atoms with Gasteiger partial charge in [0.1, 0.15) is 11.3 Å². The Kier molecular flexibility index (Phi) is 5.30. The van der Waals surface area contributed by atoms with E-state index in [1.165, 1.54) is 0 Å². The number of imide groups is 1. The van der Waals surface area contributed by atoms with Gasteiger partial charge in [0, 0.05) is 4.47 Å². The fourth-order valence-electron chi connectivity index (χ4n) is 1.92. The molecule has 1 aliphatic rings. The summed E-state index contributed by atoms with van der Waals surface area (Å²) >= 11 is 6.63. The van der Waals surface area contributed by atoms with Gasteiger partial charge in [0.25, 0.3) is 11.8 Å². The van der Waals surface area contributed by atoms with Gasteiger partial charge in [-0.2, -0.15) is 5.01 Å². The molecule has 1 fully saturated rings. The Morgan fingerprint density at radius 3 is 2.65 bits per heavy atom. The number of benzene rings is 1. The molecule has 1 unspecified atom stereocenters. The van der Waals surface area contributed by atoms with Crippen LogP contribution < -0.4 is 15.5 Å². The number of ether oxygens (including phenoxy) is 1. The molecular formula is C14H15Br2N3O4. The van der Waals surface area contributed by atoms with Gasteiger partial charge in [-0.1, -0.05) is 22.9 Å². The van der Waals surface area contributed by atoms with Crippen molar-refractivity contribution in [3.8, 4) is 5.75 Å². The third kappa shape index (κ3) is 3.84. The van der Waals surface area contributed by atoms with Crippen LogP contribution in [0.1, 0.15) is 20.3 Å². The van der Waals surface area contributed by atoms with Crippen molar-refractivity contribution in [1.29, 1.82) is 0 Å². The molecule has 0 radical (unpaired) electrons. The fraction of sp³-hybridized carbons (Fsp3) is 0.357. The molecule has 23 heavy (non-hydrogen) atoms. The average Bonchev–Trinajstić information content (AvgIpc) is 2.70. The van der Waals surface area contributed by atoms with E-state index in [2.05, 4.69) is 42.6 Å². The lowest BCUT2D eigenvalue weighted by Gasteiger charge is -2.19. The van der Waals surface area contributed by atoms with Gasteiger partial charge >= 0.3 is 6.03 Å². The maximum atomic E-state index is 12.1. The minimum absolute atomic E-state index is 0.333. The molecule has 0 aromatic heterocycles. The highest BCUT2D eigenvalue weighted by atomic mass is 79.9. The average molecular weight is 449 g/mol. The van der Waals surface area contributed by atoms with Crippen LogP contribution in [0, 0.1) is 0 Å². The van der Waals surface area contributed by atoms with E-state index in [4.69, 9.17) is 4.74 Å². The molecule has 0 saturated carbocycles. The summed E-state index contributed by atoms with van der Waals surface area (Å²) in [4.78, 5) is 35.8. The maximum absolute atomic E-state index is 12.1. The molecule has 0 spiro atoms. The number of halogens is 2. The van der Waals surface area contributed by atoms with Crippen molar-refractivity contribution in [3.05, 3.63) is 27.1 Å². The first kappa shape index (κ1) is 17.7. The van der Waals surface area contributed by atoms with Crippen LogP contribution >= 0.6 is 31.9 Å². The molecule has 0 aliphatic carbocycles. The van der Waals surface area contributed by atoms with E-state index in [0.717, 1.165) is 4.47 Å². The molecule has 1 atom stereocenters. The molecule has 1 aliphatic heterocycles. The van der Waals surface area contributed by atoms with E-state index >= 15 is 0 Å². The number of carbonyl (C=O) groups is 3. The number of nitrogens with zero attached hydrogens (tertiary/aromatic N) is 1. The van der Waals surface area contributed by atoms with Crippen molar-refractivity contribution in [1.82, 2.24) is 15.8 Å². The smallest absolute Gasteiger partial charge is 0.344 e. The van der Waals surface area contributed by atoms with E-state index in [1.807, 2.05) is 0 Å². The Balaban J connectivity index is 1.95. The van der Waals surface area contributed by atoms with E-state index in [0.29, 0.717) is 21.7 Å². The van der Waals surface area contributed by atoms with Gasteiger partial charge in [-0.25, -0.2) is 4.79 Å². The summed E-state index contributed by atoms with van der Waals surface area (Å²) in [6.07, 6.45) is 0.423. The highest BCUT2D eigenvalue weighted by Crippen LogP contribution is 2.28. The zero-order valence-electron chi connectivity index (χ0n) is 12.5. The highest BCUT2D eigenvalue weighted by Gasteiger charge is 2.47. The zero-order chi connectivity index (χ0) is 17.2. The quantitative estimate of drug-likeness (QED) is 0.676. The van der Waals surface area contributed by atoms with Crippen LogP contribution in [0.3, 0.4) is 0 Å². The SMILES string of the molecule is CCC1(C)NC(=O)N(NC(=O)COc2ccc(Br)cc2Br)C1=O. The van der Waals surface area contributed by atoms with Gasteiger partial charge in [0.05, 0.1) is 4.47 Å². The third-order valence-electron chi connectivity index (χ3n) is 3.46. The van der Waals surface area contributed by atoms with Crippen molar-refractivity contribution < 1.29 is 19.1 Å². The van der Waals surface area contributed by atoms with Crippen LogP contribution in [0.15, 0.2) is 27.1 Å². The van der Waals surface area contributed by atoms with E-state index < -0.39 is 23.4 Å². The molecule has 4 amide bonds. The summed E-state index contributed by atoms with van der Waals surface area (Å²) in [5.41, 5.74) is 1.25. The highest BCUT2D eigenvalue weighted by molar-refractivity contribution is 9.11. The lowest BCUT2D eigenvalue weighted by molar-refractivity contribution is -0.139. The molecule has 1 heterocycles. The lowest BCUT2D eigenvalue weighted by atomic mass is 10.00. The molecular weight excluding hydrogens is 434 g/mol. The molecule has 0 bridgehead atoms. The van der Waals surface area contributed by atoms with Gasteiger partial charge in [-0.3, -0.25) is 15.0 Å². The second kappa shape index (κ2) is 6.88. The molecule has 1 aromatic rings. The second-order valence-electron chi connectivity index (χ2n) is 5.15. The number of nitrogens with one attached hydrogen (secondary N) is 2. The van der Waals surface area contributed by atoms with Crippen LogP contribution in [0.2, 0.25) is 0 Å². The topological polar surface area (TPSA) is 87.7 Å². The minimum atomic E-state index is -1.00. The molecule has 9 heteroatoms. The molecule has 124 valence electrons. The molecule has 2 N–H and O–H groups in total. The Bertz CT molecular complexity index is 667. The Morgan fingerprint density at radius 2 is 2.09 bits per heavy atom. The maximum Gasteiger partial charge on any atom is 0.344 e. The second-order valence-corrected chi connectivity index (χ2v) is 6.92. The lowest BCUT2D eigenvalue weighted by Crippen LogP contribution is -2.49. The summed E-state index contributed by atoms with van der Waals surface area (Å²) < 4.78 is 6.90. The van der Waals surface area contributed by atoms with Crippen molar-refractivity contribution in [3.63, 3.8) is 0 Å². The summed E-state index contributed by atoms with van der Waals surface area (Å²) in [6.45, 7) is 3.05. The predicted octanol–water partition coefficient (Wildman–Crippen LogP) is 2.34. The standard InChI is InChI=1S/C14H15Br2N3O4/c1-3-14(2)12(21)19(13(22)17-14)18-11(20)7-23-10-5-4-8(15)6-9(10)16/h4-6H,3,7H2,1-2H3,(H,17,22)(H,18,20). The van der Waals surface area contributed by atoms with Crippen LogP contribution in [-0.4, -0.2) is 35.0 Å². The molecule has 7 nitrogen and oxygen atoms in total. The summed E-state index contributed by atoms with van der Waals surface area (Å²) in [7, 11) is 0. The van der Waals surface area contributed by atoms with Gasteiger partial charge in [-0.05, 0) is 47.5 Å². The largest absolute Gasteiger partial charge is 0.483 e. The predicted molar refractivity (Wildman–Crippen MR) is 89.6 cm³/mol. The number of hydrazine groups is 1. The number of rotatable bonds is 5. The summed E-state index contributed by atoms with van der Waals surface area (Å²) in [6, 6.07) is 4.57. The third-order valence-corrected chi connectivity index (χ3v) is 4.57. The molecule has 2 rings (SSSR count). The number of carbonyl (C=O) groups excluding carboxylic acids is 3. The Labute approximate surface area is 150 Å². The first-order valence-corrected chi connectivity index (χ1v) is 8.39. The van der Waals surface area contributed by atoms with Crippen molar-refractivity contribution in [2.45, 2.75) is 25.8 Å². The van der Waals surface area contributed by atoms with E-state index in [1.54, 1.807) is 32.0 Å². The number of hydrogen-bond acceptors (Lipinski definition) is 4. The summed E-state index contributed by atoms with van der Waals surface area (Å²) in [5, 5.41) is 3.23.